The molecule has 0 bridgehead atoms. The molecule has 1 aromatic carbocycles. The zero-order valence-electron chi connectivity index (χ0n) is 8.20. The van der Waals surface area contributed by atoms with Crippen LogP contribution in [0.15, 0.2) is 22.7 Å². The molecule has 1 saturated carbocycles. The molecular formula is C12H11BrO2. The fourth-order valence-corrected chi connectivity index (χ4v) is 2.41. The van der Waals surface area contributed by atoms with E-state index >= 15 is 0 Å². The molecular weight excluding hydrogens is 256 g/mol. The van der Waals surface area contributed by atoms with Crippen LogP contribution in [0.2, 0.25) is 0 Å². The van der Waals surface area contributed by atoms with Crippen LogP contribution in [0.4, 0.5) is 0 Å². The lowest BCUT2D eigenvalue weighted by Crippen LogP contribution is -2.28. The molecule has 15 heavy (non-hydrogen) atoms. The molecule has 0 N–H and O–H groups in total. The molecule has 0 spiro atoms. The van der Waals surface area contributed by atoms with Crippen molar-refractivity contribution in [2.75, 3.05) is 0 Å². The quantitative estimate of drug-likeness (QED) is 0.781. The first-order chi connectivity index (χ1) is 7.24. The summed E-state index contributed by atoms with van der Waals surface area (Å²) in [6.45, 7) is 0. The highest BCUT2D eigenvalue weighted by Crippen LogP contribution is 2.40. The molecule has 3 heteroatoms. The van der Waals surface area contributed by atoms with E-state index in [4.69, 9.17) is 4.74 Å². The van der Waals surface area contributed by atoms with E-state index in [1.165, 1.54) is 12.8 Å². The molecule has 1 aliphatic carbocycles. The zero-order chi connectivity index (χ0) is 10.4. The topological polar surface area (TPSA) is 26.3 Å². The van der Waals surface area contributed by atoms with Gasteiger partial charge in [-0.1, -0.05) is 15.9 Å². The van der Waals surface area contributed by atoms with Crippen molar-refractivity contribution >= 4 is 21.7 Å². The second-order valence-electron chi connectivity index (χ2n) is 4.26. The monoisotopic (exact) mass is 266 g/mol. The summed E-state index contributed by atoms with van der Waals surface area (Å²) in [6.07, 6.45) is 3.10. The highest BCUT2D eigenvalue weighted by molar-refractivity contribution is 9.10. The summed E-state index contributed by atoms with van der Waals surface area (Å²) < 4.78 is 6.77. The number of fused-ring (bicyclic) bond motifs is 1. The second kappa shape index (κ2) is 3.34. The maximum atomic E-state index is 11.9. The van der Waals surface area contributed by atoms with E-state index in [1.807, 2.05) is 18.2 Å². The van der Waals surface area contributed by atoms with Crippen LogP contribution in [0.3, 0.4) is 0 Å². The Kier molecular flexibility index (Phi) is 2.09. The molecule has 78 valence electrons. The SMILES string of the molecule is O=C1CC(C2CC2)Oc2ccc(Br)cc21. The number of halogens is 1. The van der Waals surface area contributed by atoms with Crippen molar-refractivity contribution in [3.05, 3.63) is 28.2 Å². The summed E-state index contributed by atoms with van der Waals surface area (Å²) in [5, 5.41) is 0. The lowest BCUT2D eigenvalue weighted by Gasteiger charge is -2.25. The Morgan fingerprint density at radius 1 is 1.33 bits per heavy atom. The van der Waals surface area contributed by atoms with Crippen LogP contribution in [0.1, 0.15) is 29.6 Å². The molecule has 1 heterocycles. The normalized spacial score (nSPS) is 24.6. The van der Waals surface area contributed by atoms with E-state index < -0.39 is 0 Å². The van der Waals surface area contributed by atoms with E-state index in [9.17, 15) is 4.79 Å². The van der Waals surface area contributed by atoms with Gasteiger partial charge in [0, 0.05) is 10.9 Å². The van der Waals surface area contributed by atoms with E-state index in [-0.39, 0.29) is 11.9 Å². The van der Waals surface area contributed by atoms with Crippen LogP contribution >= 0.6 is 15.9 Å². The third-order valence-corrected chi connectivity index (χ3v) is 3.55. The Balaban J connectivity index is 1.96. The average molecular weight is 267 g/mol. The van der Waals surface area contributed by atoms with Crippen molar-refractivity contribution in [3.63, 3.8) is 0 Å². The summed E-state index contributed by atoms with van der Waals surface area (Å²) in [5.74, 6) is 1.59. The van der Waals surface area contributed by atoms with Gasteiger partial charge in [0.25, 0.3) is 0 Å². The number of rotatable bonds is 1. The molecule has 0 radical (unpaired) electrons. The van der Waals surface area contributed by atoms with E-state index in [0.29, 0.717) is 12.3 Å². The summed E-state index contributed by atoms with van der Waals surface area (Å²) in [7, 11) is 0. The number of ether oxygens (including phenoxy) is 1. The number of benzene rings is 1. The van der Waals surface area contributed by atoms with Gasteiger partial charge < -0.3 is 4.74 Å². The van der Waals surface area contributed by atoms with Crippen molar-refractivity contribution in [3.8, 4) is 5.75 Å². The van der Waals surface area contributed by atoms with Crippen molar-refractivity contribution in [2.45, 2.75) is 25.4 Å². The van der Waals surface area contributed by atoms with Crippen molar-refractivity contribution in [1.82, 2.24) is 0 Å². The zero-order valence-corrected chi connectivity index (χ0v) is 9.79. The minimum atomic E-state index is 0.131. The lowest BCUT2D eigenvalue weighted by atomic mass is 9.98. The van der Waals surface area contributed by atoms with Gasteiger partial charge in [-0.2, -0.15) is 0 Å². The number of carbonyl (C=O) groups excluding carboxylic acids is 1. The number of ketones is 1. The standard InChI is InChI=1S/C12H11BrO2/c13-8-3-4-11-9(5-8)10(14)6-12(15-11)7-1-2-7/h3-5,7,12H,1-2,6H2. The Labute approximate surface area is 96.8 Å². The third kappa shape index (κ3) is 1.69. The molecule has 2 nitrogen and oxygen atoms in total. The van der Waals surface area contributed by atoms with Crippen LogP contribution in [0, 0.1) is 5.92 Å². The highest BCUT2D eigenvalue weighted by Gasteiger charge is 2.38. The summed E-state index contributed by atoms with van der Waals surface area (Å²) >= 11 is 3.37. The number of hydrogen-bond acceptors (Lipinski definition) is 2. The van der Waals surface area contributed by atoms with Gasteiger partial charge in [0.05, 0.1) is 5.56 Å². The predicted octanol–water partition coefficient (Wildman–Crippen LogP) is 3.19. The van der Waals surface area contributed by atoms with Gasteiger partial charge in [-0.3, -0.25) is 4.79 Å². The Hall–Kier alpha value is -0.830. The van der Waals surface area contributed by atoms with Crippen LogP contribution in [-0.4, -0.2) is 11.9 Å². The molecule has 0 aromatic heterocycles. The first kappa shape index (κ1) is 9.40. The average Bonchev–Trinajstić information content (AvgIpc) is 3.02. The number of Topliss-reactive ketones (excluding diaryl/α,β-unsaturated/α-hetero) is 1. The molecule has 2 aliphatic rings. The number of carbonyl (C=O) groups is 1. The fraction of sp³-hybridized carbons (Fsp3) is 0.417. The van der Waals surface area contributed by atoms with Crippen LogP contribution in [-0.2, 0) is 0 Å². The van der Waals surface area contributed by atoms with Gasteiger partial charge in [-0.15, -0.1) is 0 Å². The van der Waals surface area contributed by atoms with E-state index in [0.717, 1.165) is 15.8 Å². The first-order valence-electron chi connectivity index (χ1n) is 5.23. The predicted molar refractivity (Wildman–Crippen MR) is 60.2 cm³/mol. The Morgan fingerprint density at radius 2 is 2.13 bits per heavy atom. The summed E-state index contributed by atoms with van der Waals surface area (Å²) in [5.41, 5.74) is 0.723. The molecule has 1 fully saturated rings. The van der Waals surface area contributed by atoms with Crippen LogP contribution < -0.4 is 4.74 Å². The Morgan fingerprint density at radius 3 is 2.87 bits per heavy atom. The minimum absolute atomic E-state index is 0.131. The van der Waals surface area contributed by atoms with Gasteiger partial charge >= 0.3 is 0 Å². The van der Waals surface area contributed by atoms with Crippen molar-refractivity contribution in [2.24, 2.45) is 5.92 Å². The number of hydrogen-bond donors (Lipinski definition) is 0. The van der Waals surface area contributed by atoms with Crippen LogP contribution in [0.25, 0.3) is 0 Å². The van der Waals surface area contributed by atoms with Crippen LogP contribution in [0.5, 0.6) is 5.75 Å². The molecule has 1 aromatic rings. The molecule has 0 amide bonds. The molecule has 1 atom stereocenters. The van der Waals surface area contributed by atoms with E-state index in [1.54, 1.807) is 0 Å². The maximum Gasteiger partial charge on any atom is 0.170 e. The molecule has 1 unspecified atom stereocenters. The second-order valence-corrected chi connectivity index (χ2v) is 5.18. The highest BCUT2D eigenvalue weighted by atomic mass is 79.9. The van der Waals surface area contributed by atoms with E-state index in [2.05, 4.69) is 15.9 Å². The largest absolute Gasteiger partial charge is 0.489 e. The third-order valence-electron chi connectivity index (χ3n) is 3.05. The van der Waals surface area contributed by atoms with Gasteiger partial charge in [0.15, 0.2) is 5.78 Å². The lowest BCUT2D eigenvalue weighted by molar-refractivity contribution is 0.0819. The molecule has 1 aliphatic heterocycles. The maximum absolute atomic E-state index is 11.9. The summed E-state index contributed by atoms with van der Waals surface area (Å²) in [4.78, 5) is 11.9. The summed E-state index contributed by atoms with van der Waals surface area (Å²) in [6, 6.07) is 5.65. The molecule has 3 rings (SSSR count). The minimum Gasteiger partial charge on any atom is -0.489 e. The van der Waals surface area contributed by atoms with Gasteiger partial charge in [0.1, 0.15) is 11.9 Å². The fourth-order valence-electron chi connectivity index (χ4n) is 2.05. The van der Waals surface area contributed by atoms with Gasteiger partial charge in [-0.05, 0) is 37.0 Å². The van der Waals surface area contributed by atoms with Crippen molar-refractivity contribution in [1.29, 1.82) is 0 Å². The van der Waals surface area contributed by atoms with Crippen molar-refractivity contribution < 1.29 is 9.53 Å². The molecule has 0 saturated heterocycles. The van der Waals surface area contributed by atoms with Gasteiger partial charge in [-0.25, -0.2) is 0 Å². The first-order valence-corrected chi connectivity index (χ1v) is 6.03. The van der Waals surface area contributed by atoms with Gasteiger partial charge in [0.2, 0.25) is 0 Å². The Bertz CT molecular complexity index is 424. The smallest absolute Gasteiger partial charge is 0.170 e.